The molecule has 1 aromatic heterocycles. The maximum atomic E-state index is 13.7. The van der Waals surface area contributed by atoms with E-state index in [-0.39, 0.29) is 11.7 Å². The van der Waals surface area contributed by atoms with Gasteiger partial charge in [0.25, 0.3) is 5.91 Å². The highest BCUT2D eigenvalue weighted by atomic mass is 19.1. The van der Waals surface area contributed by atoms with Crippen molar-refractivity contribution in [3.8, 4) is 0 Å². The lowest BCUT2D eigenvalue weighted by atomic mass is 9.96. The molecule has 1 amide bonds. The maximum Gasteiger partial charge on any atom is 0.272 e. The first-order chi connectivity index (χ1) is 13.0. The highest BCUT2D eigenvalue weighted by molar-refractivity contribution is 5.92. The number of amides is 1. The van der Waals surface area contributed by atoms with Gasteiger partial charge in [0.1, 0.15) is 11.5 Å². The van der Waals surface area contributed by atoms with Gasteiger partial charge in [0.2, 0.25) is 0 Å². The Balaban J connectivity index is 1.44. The van der Waals surface area contributed by atoms with Crippen molar-refractivity contribution in [2.24, 2.45) is 5.92 Å². The number of nitrogens with zero attached hydrogens (tertiary/aromatic N) is 3. The lowest BCUT2D eigenvalue weighted by molar-refractivity contribution is 0.0734. The van der Waals surface area contributed by atoms with Crippen molar-refractivity contribution in [2.45, 2.75) is 26.2 Å². The summed E-state index contributed by atoms with van der Waals surface area (Å²) in [6, 6.07) is 12.6. The molecular weight excluding hydrogens is 341 g/mol. The summed E-state index contributed by atoms with van der Waals surface area (Å²) in [6.07, 6.45) is 2.88. The van der Waals surface area contributed by atoms with E-state index < -0.39 is 0 Å². The molecule has 4 nitrogen and oxygen atoms in total. The van der Waals surface area contributed by atoms with E-state index in [1.54, 1.807) is 17.0 Å². The maximum absolute atomic E-state index is 13.7. The number of likely N-dealkylation sites (tertiary alicyclic amines) is 1. The van der Waals surface area contributed by atoms with Crippen LogP contribution in [0.4, 0.5) is 4.39 Å². The zero-order valence-corrected chi connectivity index (χ0v) is 16.2. The number of hydrogen-bond acceptors (Lipinski definition) is 3. The number of rotatable bonds is 6. The Labute approximate surface area is 161 Å². The van der Waals surface area contributed by atoms with Crippen molar-refractivity contribution in [1.82, 2.24) is 14.8 Å². The Morgan fingerprint density at radius 1 is 1.19 bits per heavy atom. The second-order valence-corrected chi connectivity index (χ2v) is 7.48. The van der Waals surface area contributed by atoms with E-state index in [1.165, 1.54) is 6.07 Å². The molecule has 0 saturated carbocycles. The fourth-order valence-corrected chi connectivity index (χ4v) is 3.70. The molecule has 1 aliphatic heterocycles. The number of carbonyl (C=O) groups is 1. The van der Waals surface area contributed by atoms with Gasteiger partial charge in [0.15, 0.2) is 0 Å². The molecule has 2 aromatic rings. The van der Waals surface area contributed by atoms with Gasteiger partial charge in [-0.05, 0) is 69.0 Å². The largest absolute Gasteiger partial charge is 0.340 e. The smallest absolute Gasteiger partial charge is 0.272 e. The standard InChI is InChI=1S/C22H28FN3O/c1-17-6-5-9-21(24-17)22(27)25(2)16-18-10-13-26(14-11-18)15-12-19-7-3-4-8-20(19)23/h3-9,18H,10-16H2,1-2H3. The molecule has 0 aliphatic carbocycles. The Bertz CT molecular complexity index is 772. The summed E-state index contributed by atoms with van der Waals surface area (Å²) >= 11 is 0. The summed E-state index contributed by atoms with van der Waals surface area (Å²) in [5.74, 6) is 0.381. The summed E-state index contributed by atoms with van der Waals surface area (Å²) < 4.78 is 13.7. The minimum atomic E-state index is -0.114. The number of benzene rings is 1. The van der Waals surface area contributed by atoms with Gasteiger partial charge in [-0.3, -0.25) is 4.79 Å². The lowest BCUT2D eigenvalue weighted by Crippen LogP contribution is -2.40. The number of carbonyl (C=O) groups excluding carboxylic acids is 1. The molecule has 2 heterocycles. The second-order valence-electron chi connectivity index (χ2n) is 7.48. The third-order valence-electron chi connectivity index (χ3n) is 5.35. The lowest BCUT2D eigenvalue weighted by Gasteiger charge is -2.33. The molecule has 0 spiro atoms. The van der Waals surface area contributed by atoms with Crippen molar-refractivity contribution in [3.63, 3.8) is 0 Å². The molecule has 0 atom stereocenters. The monoisotopic (exact) mass is 369 g/mol. The van der Waals surface area contributed by atoms with Gasteiger partial charge in [0, 0.05) is 25.8 Å². The number of aromatic nitrogens is 1. The molecule has 1 aliphatic rings. The number of aryl methyl sites for hydroxylation is 1. The molecule has 0 bridgehead atoms. The Morgan fingerprint density at radius 3 is 2.63 bits per heavy atom. The minimum Gasteiger partial charge on any atom is -0.340 e. The van der Waals surface area contributed by atoms with Crippen molar-refractivity contribution in [1.29, 1.82) is 0 Å². The van der Waals surface area contributed by atoms with E-state index in [0.29, 0.717) is 11.6 Å². The van der Waals surface area contributed by atoms with Gasteiger partial charge in [0.05, 0.1) is 0 Å². The van der Waals surface area contributed by atoms with Crippen molar-refractivity contribution in [2.75, 3.05) is 33.2 Å². The van der Waals surface area contributed by atoms with E-state index in [1.807, 2.05) is 38.2 Å². The first-order valence-corrected chi connectivity index (χ1v) is 9.68. The Morgan fingerprint density at radius 2 is 1.93 bits per heavy atom. The SMILES string of the molecule is Cc1cccc(C(=O)N(C)CC2CCN(CCc3ccccc3F)CC2)n1. The number of pyridine rings is 1. The molecule has 0 N–H and O–H groups in total. The van der Waals surface area contributed by atoms with Crippen LogP contribution in [-0.2, 0) is 6.42 Å². The van der Waals surface area contributed by atoms with Gasteiger partial charge in [-0.1, -0.05) is 24.3 Å². The molecule has 0 unspecified atom stereocenters. The first-order valence-electron chi connectivity index (χ1n) is 9.68. The fourth-order valence-electron chi connectivity index (χ4n) is 3.70. The van der Waals surface area contributed by atoms with Gasteiger partial charge in [-0.25, -0.2) is 9.37 Å². The van der Waals surface area contributed by atoms with Crippen LogP contribution in [0.25, 0.3) is 0 Å². The highest BCUT2D eigenvalue weighted by Gasteiger charge is 2.23. The molecule has 144 valence electrons. The third kappa shape index (κ3) is 5.36. The highest BCUT2D eigenvalue weighted by Crippen LogP contribution is 2.19. The molecule has 0 radical (unpaired) electrons. The van der Waals surface area contributed by atoms with Crippen LogP contribution in [0.2, 0.25) is 0 Å². The van der Waals surface area contributed by atoms with E-state index in [0.717, 1.165) is 56.7 Å². The van der Waals surface area contributed by atoms with Crippen LogP contribution in [0.3, 0.4) is 0 Å². The first kappa shape index (κ1) is 19.5. The quantitative estimate of drug-likeness (QED) is 0.781. The van der Waals surface area contributed by atoms with Crippen LogP contribution in [-0.4, -0.2) is 53.9 Å². The fraction of sp³-hybridized carbons (Fsp3) is 0.455. The van der Waals surface area contributed by atoms with Gasteiger partial charge >= 0.3 is 0 Å². The minimum absolute atomic E-state index is 0.0133. The predicted octanol–water partition coefficient (Wildman–Crippen LogP) is 3.56. The zero-order valence-electron chi connectivity index (χ0n) is 16.2. The van der Waals surface area contributed by atoms with Crippen molar-refractivity contribution >= 4 is 5.91 Å². The Hall–Kier alpha value is -2.27. The van der Waals surface area contributed by atoms with Gasteiger partial charge < -0.3 is 9.80 Å². The molecule has 1 aromatic carbocycles. The van der Waals surface area contributed by atoms with Crippen molar-refractivity contribution in [3.05, 3.63) is 65.2 Å². The van der Waals surface area contributed by atoms with E-state index in [9.17, 15) is 9.18 Å². The number of halogens is 1. The third-order valence-corrected chi connectivity index (χ3v) is 5.35. The van der Waals surface area contributed by atoms with E-state index in [2.05, 4.69) is 9.88 Å². The second kappa shape index (κ2) is 9.09. The summed E-state index contributed by atoms with van der Waals surface area (Å²) in [4.78, 5) is 21.1. The molecule has 1 saturated heterocycles. The van der Waals surface area contributed by atoms with Crippen LogP contribution in [0.5, 0.6) is 0 Å². The van der Waals surface area contributed by atoms with Gasteiger partial charge in [-0.2, -0.15) is 0 Å². The van der Waals surface area contributed by atoms with Crippen LogP contribution in [0.15, 0.2) is 42.5 Å². The molecule has 27 heavy (non-hydrogen) atoms. The normalized spacial score (nSPS) is 15.7. The van der Waals surface area contributed by atoms with Gasteiger partial charge in [-0.15, -0.1) is 0 Å². The zero-order chi connectivity index (χ0) is 19.2. The predicted molar refractivity (Wildman–Crippen MR) is 105 cm³/mol. The summed E-state index contributed by atoms with van der Waals surface area (Å²) in [7, 11) is 1.86. The Kier molecular flexibility index (Phi) is 6.56. The summed E-state index contributed by atoms with van der Waals surface area (Å²) in [5, 5.41) is 0. The number of hydrogen-bond donors (Lipinski definition) is 0. The molecule has 3 rings (SSSR count). The molecule has 5 heteroatoms. The van der Waals surface area contributed by atoms with Crippen LogP contribution in [0, 0.1) is 18.7 Å². The van der Waals surface area contributed by atoms with E-state index >= 15 is 0 Å². The molecule has 1 fully saturated rings. The topological polar surface area (TPSA) is 36.4 Å². The molecular formula is C22H28FN3O. The van der Waals surface area contributed by atoms with Crippen molar-refractivity contribution < 1.29 is 9.18 Å². The average molecular weight is 369 g/mol. The summed E-state index contributed by atoms with van der Waals surface area (Å²) in [6.45, 7) is 5.55. The summed E-state index contributed by atoms with van der Waals surface area (Å²) in [5.41, 5.74) is 2.16. The number of piperidine rings is 1. The average Bonchev–Trinajstić information content (AvgIpc) is 2.68. The van der Waals surface area contributed by atoms with Crippen LogP contribution < -0.4 is 0 Å². The van der Waals surface area contributed by atoms with Crippen LogP contribution >= 0.6 is 0 Å². The van der Waals surface area contributed by atoms with Crippen LogP contribution in [0.1, 0.15) is 34.6 Å². The van der Waals surface area contributed by atoms with E-state index in [4.69, 9.17) is 0 Å².